The van der Waals surface area contributed by atoms with E-state index in [4.69, 9.17) is 0 Å². The first kappa shape index (κ1) is 38.0. The molecule has 0 saturated carbocycles. The Morgan fingerprint density at radius 2 is 0.346 bits per heavy atom. The van der Waals surface area contributed by atoms with Crippen molar-refractivity contribution in [2.75, 3.05) is 0 Å². The molecule has 8 rings (SSSR count). The third kappa shape index (κ3) is 11.9. The van der Waals surface area contributed by atoms with Gasteiger partial charge >= 0.3 is 243 Å². The van der Waals surface area contributed by atoms with Crippen LogP contribution in [0.25, 0.3) is 0 Å². The quantitative estimate of drug-likeness (QED) is 0.105. The normalized spacial score (nSPS) is 10.9. The minimum atomic E-state index is -1.83. The van der Waals surface area contributed by atoms with E-state index in [-0.39, 0.29) is 0 Å². The van der Waals surface area contributed by atoms with Crippen LogP contribution in [0.5, 0.6) is 0 Å². The van der Waals surface area contributed by atoms with Crippen molar-refractivity contribution in [3.8, 4) is 0 Å². The topological polar surface area (TPSA) is 0 Å². The molecule has 254 valence electrons. The van der Waals surface area contributed by atoms with Crippen molar-refractivity contribution in [2.24, 2.45) is 0 Å². The van der Waals surface area contributed by atoms with Crippen LogP contribution in [0.3, 0.4) is 0 Å². The van der Waals surface area contributed by atoms with Crippen molar-refractivity contribution >= 4 is 88.6 Å². The van der Waals surface area contributed by atoms with E-state index in [1.165, 1.54) is 31.7 Å². The van der Waals surface area contributed by atoms with Crippen molar-refractivity contribution in [3.05, 3.63) is 243 Å². The summed E-state index contributed by atoms with van der Waals surface area (Å²) in [6.45, 7) is 0. The molecule has 0 aliphatic rings. The Morgan fingerprint density at radius 1 is 0.192 bits per heavy atom. The van der Waals surface area contributed by atoms with Gasteiger partial charge in [-0.3, -0.25) is 0 Å². The summed E-state index contributed by atoms with van der Waals surface area (Å²) in [5, 5.41) is 2.91. The van der Waals surface area contributed by atoms with Gasteiger partial charge in [0, 0.05) is 0 Å². The van der Waals surface area contributed by atoms with Gasteiger partial charge in [-0.2, -0.15) is 0 Å². The Kier molecular flexibility index (Phi) is 15.9. The van der Waals surface area contributed by atoms with Crippen LogP contribution in [0.15, 0.2) is 243 Å². The second-order valence-corrected chi connectivity index (χ2v) is 27.5. The molecule has 4 heteroatoms. The minimum absolute atomic E-state index is 0.910. The monoisotopic (exact) mass is 922 g/mol. The molecule has 52 heavy (non-hydrogen) atoms. The van der Waals surface area contributed by atoms with Gasteiger partial charge < -0.3 is 0 Å². The van der Waals surface area contributed by atoms with E-state index in [2.05, 4.69) is 243 Å². The van der Waals surface area contributed by atoms with Crippen LogP contribution in [-0.4, -0.2) is 40.4 Å². The van der Waals surface area contributed by atoms with E-state index in [0.717, 1.165) is 16.5 Å². The van der Waals surface area contributed by atoms with Crippen LogP contribution >= 0.6 is 16.5 Å². The maximum absolute atomic E-state index is 2.28. The zero-order valence-electron chi connectivity index (χ0n) is 29.0. The van der Waals surface area contributed by atoms with Gasteiger partial charge in [-0.25, -0.2) is 0 Å². The van der Waals surface area contributed by atoms with Gasteiger partial charge in [-0.05, 0) is 10.6 Å². The molecule has 0 spiro atoms. The Balaban J connectivity index is 0.000000136. The van der Waals surface area contributed by atoms with E-state index in [9.17, 15) is 0 Å². The van der Waals surface area contributed by atoms with E-state index in [0.29, 0.717) is 0 Å². The summed E-state index contributed by atoms with van der Waals surface area (Å²) in [6.07, 6.45) is 0. The zero-order chi connectivity index (χ0) is 35.5. The first-order valence-corrected chi connectivity index (χ1v) is 28.0. The largest absolute Gasteiger partial charge is 0.0634 e. The Bertz CT molecular complexity index is 1760. The van der Waals surface area contributed by atoms with E-state index in [1.54, 1.807) is 0 Å². The van der Waals surface area contributed by atoms with Gasteiger partial charge in [0.05, 0.1) is 0 Å². The molecule has 8 aromatic rings. The molecular weight excluding hydrogens is 882 g/mol. The Labute approximate surface area is 328 Å². The summed E-state index contributed by atoms with van der Waals surface area (Å²) in [5.74, 6) is 0. The first-order chi connectivity index (χ1) is 25.8. The van der Waals surface area contributed by atoms with E-state index < -0.39 is 40.4 Å². The molecule has 0 aliphatic carbocycles. The molecule has 8 aromatic carbocycles. The molecular formula is C48H42P2Sb2. The Hall–Kier alpha value is -3.74. The third-order valence-corrected chi connectivity index (χ3v) is 25.4. The number of benzene rings is 8. The molecule has 0 heterocycles. The predicted molar refractivity (Wildman–Crippen MR) is 237 cm³/mol. The molecule has 0 amide bonds. The second-order valence-electron chi connectivity index (χ2n) is 11.7. The number of hydrogen-bond acceptors (Lipinski definition) is 0. The summed E-state index contributed by atoms with van der Waals surface area (Å²) in [4.78, 5) is 0. The van der Waals surface area contributed by atoms with Gasteiger partial charge in [-0.15, -0.1) is 0 Å². The summed E-state index contributed by atoms with van der Waals surface area (Å²) in [6, 6.07) is 87.1. The molecule has 2 atom stereocenters. The maximum Gasteiger partial charge on any atom is -0.0227 e. The summed E-state index contributed by atoms with van der Waals surface area (Å²) >= 11 is -3.65. The SMILES string of the molecule is c1cc[c]([Sb]([c]2ccccc2)[c]2ccccc2)cc1.c1cc[c]([Sb]([c]2ccccc2)[c]2ccccc2)cc1.c1ccc(PPc2ccccc2)cc1. The van der Waals surface area contributed by atoms with E-state index >= 15 is 0 Å². The van der Waals surface area contributed by atoms with Crippen molar-refractivity contribution < 1.29 is 0 Å². The van der Waals surface area contributed by atoms with Crippen molar-refractivity contribution in [2.45, 2.75) is 0 Å². The fourth-order valence-corrected chi connectivity index (χ4v) is 21.6. The first-order valence-electron chi connectivity index (χ1n) is 17.4. The predicted octanol–water partition coefficient (Wildman–Crippen LogP) is 7.32. The molecule has 0 radical (unpaired) electrons. The molecule has 0 N–H and O–H groups in total. The molecule has 0 nitrogen and oxygen atoms in total. The fourth-order valence-electron chi connectivity index (χ4n) is 5.54. The van der Waals surface area contributed by atoms with Crippen LogP contribution in [0.4, 0.5) is 0 Å². The van der Waals surface area contributed by atoms with Gasteiger partial charge in [0.25, 0.3) is 0 Å². The molecule has 0 saturated heterocycles. The average molecular weight is 924 g/mol. The molecule has 0 bridgehead atoms. The Morgan fingerprint density at radius 3 is 0.519 bits per heavy atom. The van der Waals surface area contributed by atoms with Crippen LogP contribution < -0.4 is 31.7 Å². The summed E-state index contributed by atoms with van der Waals surface area (Å²) in [7, 11) is 1.82. The van der Waals surface area contributed by atoms with Crippen LogP contribution in [-0.2, 0) is 0 Å². The third-order valence-electron chi connectivity index (χ3n) is 7.99. The van der Waals surface area contributed by atoms with Gasteiger partial charge in [0.15, 0.2) is 0 Å². The van der Waals surface area contributed by atoms with Crippen molar-refractivity contribution in [1.29, 1.82) is 0 Å². The number of rotatable bonds is 9. The van der Waals surface area contributed by atoms with Gasteiger partial charge in [0.1, 0.15) is 0 Å². The zero-order valence-corrected chi connectivity index (χ0v) is 36.1. The summed E-state index contributed by atoms with van der Waals surface area (Å²) < 4.78 is 9.10. The van der Waals surface area contributed by atoms with Crippen LogP contribution in [0.2, 0.25) is 0 Å². The molecule has 0 aromatic heterocycles. The standard InChI is InChI=1S/C12H12P2.6C6H5.2Sb/c1-3-7-11(8-4-1)13-14-12-9-5-2-6-10-12;6*1-2-4-6-5-3-1;;/h1-10,13-14H;6*1-5H;;. The minimum Gasteiger partial charge on any atom is -0.0634 e. The second kappa shape index (κ2) is 21.7. The van der Waals surface area contributed by atoms with E-state index in [1.807, 2.05) is 0 Å². The van der Waals surface area contributed by atoms with Crippen LogP contribution in [0, 0.1) is 0 Å². The maximum atomic E-state index is 2.28. The number of hydrogen-bond donors (Lipinski definition) is 0. The fraction of sp³-hybridized carbons (Fsp3) is 0. The van der Waals surface area contributed by atoms with Crippen molar-refractivity contribution in [3.63, 3.8) is 0 Å². The van der Waals surface area contributed by atoms with Gasteiger partial charge in [0.2, 0.25) is 0 Å². The molecule has 2 unspecified atom stereocenters. The van der Waals surface area contributed by atoms with Gasteiger partial charge in [-0.1, -0.05) is 77.2 Å². The summed E-state index contributed by atoms with van der Waals surface area (Å²) in [5.41, 5.74) is 0. The smallest absolute Gasteiger partial charge is 0.0227 e. The average Bonchev–Trinajstić information content (AvgIpc) is 3.24. The van der Waals surface area contributed by atoms with Crippen molar-refractivity contribution in [1.82, 2.24) is 0 Å². The van der Waals surface area contributed by atoms with Crippen LogP contribution in [0.1, 0.15) is 0 Å². The molecule has 0 fully saturated rings. The molecule has 0 aliphatic heterocycles.